The minimum atomic E-state index is -1.95. The van der Waals surface area contributed by atoms with Gasteiger partial charge < -0.3 is 0 Å². The zero-order valence-electron chi connectivity index (χ0n) is 17.1. The van der Waals surface area contributed by atoms with Crippen LogP contribution in [0.4, 0.5) is 13.2 Å². The SMILES string of the molecule is CC1CCC(C2CCC(c3ccc(C4CC(F)C(F)C(F)C4)cc3)CC2)CC1. The first kappa shape index (κ1) is 20.3. The lowest BCUT2D eigenvalue weighted by molar-refractivity contribution is 0.0339. The van der Waals surface area contributed by atoms with Crippen molar-refractivity contribution in [3.63, 3.8) is 0 Å². The summed E-state index contributed by atoms with van der Waals surface area (Å²) in [4.78, 5) is 0. The number of rotatable bonds is 3. The van der Waals surface area contributed by atoms with Crippen LogP contribution in [0.3, 0.4) is 0 Å². The van der Waals surface area contributed by atoms with E-state index < -0.39 is 18.5 Å². The minimum absolute atomic E-state index is 0.103. The molecule has 3 aliphatic carbocycles. The van der Waals surface area contributed by atoms with Crippen LogP contribution in [0.25, 0.3) is 0 Å². The largest absolute Gasteiger partial charge is 0.244 e. The van der Waals surface area contributed by atoms with Gasteiger partial charge in [0.15, 0.2) is 6.17 Å². The lowest BCUT2D eigenvalue weighted by Crippen LogP contribution is -2.36. The summed E-state index contributed by atoms with van der Waals surface area (Å²) in [6.45, 7) is 2.39. The van der Waals surface area contributed by atoms with Gasteiger partial charge in [0.25, 0.3) is 0 Å². The Bertz CT molecular complexity index is 599. The van der Waals surface area contributed by atoms with Gasteiger partial charge in [-0.1, -0.05) is 44.0 Å². The fourth-order valence-corrected chi connectivity index (χ4v) is 6.12. The fourth-order valence-electron chi connectivity index (χ4n) is 6.12. The molecule has 3 heteroatoms. The van der Waals surface area contributed by atoms with E-state index in [1.807, 2.05) is 12.1 Å². The summed E-state index contributed by atoms with van der Waals surface area (Å²) in [5, 5.41) is 0. The van der Waals surface area contributed by atoms with Crippen LogP contribution >= 0.6 is 0 Å². The predicted molar refractivity (Wildman–Crippen MR) is 109 cm³/mol. The van der Waals surface area contributed by atoms with Gasteiger partial charge in [0.1, 0.15) is 12.3 Å². The summed E-state index contributed by atoms with van der Waals surface area (Å²) in [6.07, 6.45) is 5.82. The lowest BCUT2D eigenvalue weighted by Gasteiger charge is -2.37. The van der Waals surface area contributed by atoms with E-state index in [1.54, 1.807) is 0 Å². The highest BCUT2D eigenvalue weighted by Crippen LogP contribution is 2.44. The van der Waals surface area contributed by atoms with Gasteiger partial charge in [0.2, 0.25) is 0 Å². The predicted octanol–water partition coefficient (Wildman–Crippen LogP) is 7.68. The second-order valence-corrected chi connectivity index (χ2v) is 9.94. The molecule has 4 rings (SSSR count). The number of halogens is 3. The molecule has 3 saturated carbocycles. The highest BCUT2D eigenvalue weighted by Gasteiger charge is 2.39. The molecule has 0 N–H and O–H groups in total. The quantitative estimate of drug-likeness (QED) is 0.495. The molecule has 0 amide bonds. The molecular weight excluding hydrogens is 357 g/mol. The van der Waals surface area contributed by atoms with E-state index in [9.17, 15) is 13.2 Å². The normalized spacial score (nSPS) is 42.3. The highest BCUT2D eigenvalue weighted by atomic mass is 19.2. The summed E-state index contributed by atoms with van der Waals surface area (Å²) in [5.41, 5.74) is 2.33. The van der Waals surface area contributed by atoms with Crippen molar-refractivity contribution in [1.29, 1.82) is 0 Å². The highest BCUT2D eigenvalue weighted by molar-refractivity contribution is 5.29. The molecule has 2 atom stereocenters. The molecule has 156 valence electrons. The monoisotopic (exact) mass is 392 g/mol. The van der Waals surface area contributed by atoms with Crippen LogP contribution in [0.5, 0.6) is 0 Å². The fraction of sp³-hybridized carbons (Fsp3) is 0.760. The Balaban J connectivity index is 1.31. The summed E-state index contributed by atoms with van der Waals surface area (Å²) in [5.74, 6) is 3.22. The molecule has 28 heavy (non-hydrogen) atoms. The number of hydrogen-bond acceptors (Lipinski definition) is 0. The number of benzene rings is 1. The molecule has 1 aromatic carbocycles. The van der Waals surface area contributed by atoms with Crippen molar-refractivity contribution in [3.05, 3.63) is 35.4 Å². The van der Waals surface area contributed by atoms with Crippen LogP contribution < -0.4 is 0 Å². The van der Waals surface area contributed by atoms with Crippen LogP contribution in [0.2, 0.25) is 0 Å². The van der Waals surface area contributed by atoms with Crippen LogP contribution in [-0.4, -0.2) is 18.5 Å². The third kappa shape index (κ3) is 4.44. The Morgan fingerprint density at radius 1 is 0.607 bits per heavy atom. The minimum Gasteiger partial charge on any atom is -0.244 e. The zero-order chi connectivity index (χ0) is 19.7. The van der Waals surface area contributed by atoms with Gasteiger partial charge in [0.05, 0.1) is 0 Å². The van der Waals surface area contributed by atoms with E-state index in [2.05, 4.69) is 19.1 Å². The summed E-state index contributed by atoms with van der Waals surface area (Å²) < 4.78 is 40.9. The van der Waals surface area contributed by atoms with Gasteiger partial charge in [-0.2, -0.15) is 0 Å². The summed E-state index contributed by atoms with van der Waals surface area (Å²) in [6, 6.07) is 8.38. The Morgan fingerprint density at radius 3 is 1.54 bits per heavy atom. The van der Waals surface area contributed by atoms with Gasteiger partial charge in [-0.05, 0) is 92.1 Å². The molecule has 0 bridgehead atoms. The molecule has 3 aliphatic rings. The topological polar surface area (TPSA) is 0 Å². The summed E-state index contributed by atoms with van der Waals surface area (Å²) >= 11 is 0. The van der Waals surface area contributed by atoms with Gasteiger partial charge in [-0.3, -0.25) is 0 Å². The van der Waals surface area contributed by atoms with Crippen molar-refractivity contribution < 1.29 is 13.2 Å². The lowest BCUT2D eigenvalue weighted by atomic mass is 9.68. The Morgan fingerprint density at radius 2 is 1.04 bits per heavy atom. The first-order chi connectivity index (χ1) is 13.5. The molecule has 1 aromatic rings. The van der Waals surface area contributed by atoms with Crippen molar-refractivity contribution >= 4 is 0 Å². The van der Waals surface area contributed by atoms with Gasteiger partial charge in [-0.25, -0.2) is 13.2 Å². The van der Waals surface area contributed by atoms with E-state index in [0.29, 0.717) is 5.92 Å². The molecule has 0 nitrogen and oxygen atoms in total. The average Bonchev–Trinajstić information content (AvgIpc) is 2.72. The maximum atomic E-state index is 13.7. The molecule has 0 aromatic heterocycles. The standard InChI is InChI=1S/C25H35F3/c1-16-2-4-17(5-3-16)18-6-8-19(9-7-18)20-10-12-21(13-11-20)22-14-23(26)25(28)24(27)15-22/h10-13,16-19,22-25H,2-9,14-15H2,1H3. The molecular formula is C25H35F3. The van der Waals surface area contributed by atoms with Crippen molar-refractivity contribution in [3.8, 4) is 0 Å². The molecule has 0 aliphatic heterocycles. The van der Waals surface area contributed by atoms with Gasteiger partial charge >= 0.3 is 0 Å². The van der Waals surface area contributed by atoms with Crippen molar-refractivity contribution in [1.82, 2.24) is 0 Å². The molecule has 0 saturated heterocycles. The van der Waals surface area contributed by atoms with E-state index in [4.69, 9.17) is 0 Å². The number of alkyl halides is 3. The van der Waals surface area contributed by atoms with Crippen molar-refractivity contribution in [2.45, 2.75) is 101 Å². The van der Waals surface area contributed by atoms with E-state index in [1.165, 1.54) is 56.9 Å². The Hall–Kier alpha value is -0.990. The second kappa shape index (κ2) is 8.79. The smallest absolute Gasteiger partial charge is 0.162 e. The van der Waals surface area contributed by atoms with Gasteiger partial charge in [-0.15, -0.1) is 0 Å². The zero-order valence-corrected chi connectivity index (χ0v) is 17.1. The van der Waals surface area contributed by atoms with E-state index >= 15 is 0 Å². The van der Waals surface area contributed by atoms with Crippen LogP contribution in [-0.2, 0) is 0 Å². The third-order valence-electron chi connectivity index (χ3n) is 8.09. The maximum absolute atomic E-state index is 13.7. The first-order valence-corrected chi connectivity index (χ1v) is 11.5. The Labute approximate surface area is 168 Å². The number of hydrogen-bond donors (Lipinski definition) is 0. The third-order valence-corrected chi connectivity index (χ3v) is 8.09. The van der Waals surface area contributed by atoms with Crippen molar-refractivity contribution in [2.75, 3.05) is 0 Å². The van der Waals surface area contributed by atoms with Crippen LogP contribution in [0, 0.1) is 17.8 Å². The average molecular weight is 393 g/mol. The first-order valence-electron chi connectivity index (χ1n) is 11.5. The van der Waals surface area contributed by atoms with Crippen LogP contribution in [0.15, 0.2) is 24.3 Å². The Kier molecular flexibility index (Phi) is 6.37. The molecule has 0 heterocycles. The molecule has 2 unspecified atom stereocenters. The maximum Gasteiger partial charge on any atom is 0.162 e. The van der Waals surface area contributed by atoms with Crippen molar-refractivity contribution in [2.24, 2.45) is 17.8 Å². The molecule has 0 spiro atoms. The molecule has 0 radical (unpaired) electrons. The van der Waals surface area contributed by atoms with Gasteiger partial charge in [0, 0.05) is 0 Å². The van der Waals surface area contributed by atoms with E-state index in [0.717, 1.165) is 23.3 Å². The second-order valence-electron chi connectivity index (χ2n) is 9.94. The van der Waals surface area contributed by atoms with Crippen LogP contribution in [0.1, 0.15) is 94.1 Å². The van der Waals surface area contributed by atoms with E-state index in [-0.39, 0.29) is 18.8 Å². The molecule has 3 fully saturated rings. The summed E-state index contributed by atoms with van der Waals surface area (Å²) in [7, 11) is 0.